The standard InChI is InChI=1S/C20H32N2O3/c1-4-25-19-13-16(5-6-18(19)23)14-22-11-8-17(9-12-22)20(24)21-10-7-15(2)3/h5-6,13,15,17,23H,4,7-12,14H2,1-3H3,(H,21,24)/p+1. The average Bonchev–Trinajstić information content (AvgIpc) is 2.58. The molecule has 5 heteroatoms. The summed E-state index contributed by atoms with van der Waals surface area (Å²) in [6.45, 7) is 10.5. The molecule has 1 aromatic carbocycles. The molecule has 0 aromatic heterocycles. The normalized spacial score (nSPS) is 20.5. The molecule has 0 bridgehead atoms. The largest absolute Gasteiger partial charge is 0.504 e. The lowest BCUT2D eigenvalue weighted by Crippen LogP contribution is -3.11. The van der Waals surface area contributed by atoms with Crippen LogP contribution in [0.25, 0.3) is 0 Å². The van der Waals surface area contributed by atoms with E-state index < -0.39 is 0 Å². The van der Waals surface area contributed by atoms with Gasteiger partial charge in [-0.3, -0.25) is 4.79 Å². The van der Waals surface area contributed by atoms with Gasteiger partial charge in [0, 0.05) is 30.9 Å². The van der Waals surface area contributed by atoms with Gasteiger partial charge in [-0.25, -0.2) is 0 Å². The Morgan fingerprint density at radius 1 is 1.36 bits per heavy atom. The van der Waals surface area contributed by atoms with E-state index in [1.165, 1.54) is 4.90 Å². The van der Waals surface area contributed by atoms with Crippen molar-refractivity contribution in [3.63, 3.8) is 0 Å². The van der Waals surface area contributed by atoms with Crippen molar-refractivity contribution in [3.8, 4) is 11.5 Å². The first-order valence-electron chi connectivity index (χ1n) is 9.55. The van der Waals surface area contributed by atoms with Crippen LogP contribution in [0, 0.1) is 11.8 Å². The number of aromatic hydroxyl groups is 1. The number of carbonyl (C=O) groups excluding carboxylic acids is 1. The highest BCUT2D eigenvalue weighted by Gasteiger charge is 2.27. The number of carbonyl (C=O) groups is 1. The van der Waals surface area contributed by atoms with Crippen molar-refractivity contribution < 1.29 is 19.5 Å². The maximum atomic E-state index is 12.2. The lowest BCUT2D eigenvalue weighted by molar-refractivity contribution is -0.919. The zero-order valence-corrected chi connectivity index (χ0v) is 15.8. The van der Waals surface area contributed by atoms with E-state index in [0.29, 0.717) is 18.3 Å². The van der Waals surface area contributed by atoms with Crippen LogP contribution in [0.3, 0.4) is 0 Å². The number of benzene rings is 1. The summed E-state index contributed by atoms with van der Waals surface area (Å²) < 4.78 is 5.46. The highest BCUT2D eigenvalue weighted by molar-refractivity contribution is 5.78. The molecule has 5 nitrogen and oxygen atoms in total. The third kappa shape index (κ3) is 6.24. The molecule has 2 rings (SSSR count). The summed E-state index contributed by atoms with van der Waals surface area (Å²) in [6.07, 6.45) is 2.93. The predicted molar refractivity (Wildman–Crippen MR) is 98.9 cm³/mol. The number of phenols is 1. The van der Waals surface area contributed by atoms with Gasteiger partial charge >= 0.3 is 0 Å². The lowest BCUT2D eigenvalue weighted by atomic mass is 9.95. The molecule has 1 fully saturated rings. The summed E-state index contributed by atoms with van der Waals surface area (Å²) in [6, 6.07) is 5.58. The van der Waals surface area contributed by atoms with Gasteiger partial charge in [-0.1, -0.05) is 13.8 Å². The fourth-order valence-corrected chi connectivity index (χ4v) is 3.32. The molecule has 0 radical (unpaired) electrons. The molecule has 1 aliphatic heterocycles. The number of rotatable bonds is 8. The van der Waals surface area contributed by atoms with Crippen LogP contribution >= 0.6 is 0 Å². The van der Waals surface area contributed by atoms with Crippen molar-refractivity contribution in [2.75, 3.05) is 26.2 Å². The number of likely N-dealkylation sites (tertiary alicyclic amines) is 1. The first-order valence-corrected chi connectivity index (χ1v) is 9.55. The Hall–Kier alpha value is -1.75. The summed E-state index contributed by atoms with van der Waals surface area (Å²) in [5.74, 6) is 1.76. The Morgan fingerprint density at radius 3 is 2.72 bits per heavy atom. The molecule has 1 heterocycles. The molecule has 1 saturated heterocycles. The first kappa shape index (κ1) is 19.6. The Bertz CT molecular complexity index is 552. The topological polar surface area (TPSA) is 63.0 Å². The van der Waals surface area contributed by atoms with Crippen molar-refractivity contribution >= 4 is 5.91 Å². The van der Waals surface area contributed by atoms with Crippen molar-refractivity contribution in [2.24, 2.45) is 11.8 Å². The fraction of sp³-hybridized carbons (Fsp3) is 0.650. The Balaban J connectivity index is 1.78. The maximum absolute atomic E-state index is 12.2. The van der Waals surface area contributed by atoms with Crippen molar-refractivity contribution in [1.82, 2.24) is 5.32 Å². The number of amides is 1. The van der Waals surface area contributed by atoms with Crippen molar-refractivity contribution in [1.29, 1.82) is 0 Å². The predicted octanol–water partition coefficient (Wildman–Crippen LogP) is 1.75. The molecule has 140 valence electrons. The second-order valence-electron chi connectivity index (χ2n) is 7.41. The monoisotopic (exact) mass is 349 g/mol. The number of hydrogen-bond donors (Lipinski definition) is 3. The smallest absolute Gasteiger partial charge is 0.223 e. The highest BCUT2D eigenvalue weighted by atomic mass is 16.5. The Kier molecular flexibility index (Phi) is 7.56. The van der Waals surface area contributed by atoms with Crippen LogP contribution in [0.4, 0.5) is 0 Å². The van der Waals surface area contributed by atoms with Crippen molar-refractivity contribution in [3.05, 3.63) is 23.8 Å². The van der Waals surface area contributed by atoms with E-state index in [9.17, 15) is 9.90 Å². The summed E-state index contributed by atoms with van der Waals surface area (Å²) in [5.41, 5.74) is 1.16. The van der Waals surface area contributed by atoms with Crippen LogP contribution in [0.2, 0.25) is 0 Å². The molecule has 0 unspecified atom stereocenters. The molecule has 0 aliphatic carbocycles. The van der Waals surface area contributed by atoms with Gasteiger partial charge in [-0.05, 0) is 37.5 Å². The van der Waals surface area contributed by atoms with Crippen molar-refractivity contribution in [2.45, 2.75) is 46.6 Å². The highest BCUT2D eigenvalue weighted by Crippen LogP contribution is 2.26. The maximum Gasteiger partial charge on any atom is 0.223 e. The average molecular weight is 349 g/mol. The van der Waals surface area contributed by atoms with E-state index in [0.717, 1.165) is 51.0 Å². The Morgan fingerprint density at radius 2 is 2.08 bits per heavy atom. The third-order valence-electron chi connectivity index (χ3n) is 4.86. The summed E-state index contributed by atoms with van der Waals surface area (Å²) in [7, 11) is 0. The van der Waals surface area contributed by atoms with E-state index in [4.69, 9.17) is 4.74 Å². The second kappa shape index (κ2) is 9.66. The van der Waals surface area contributed by atoms with Gasteiger partial charge in [0.25, 0.3) is 0 Å². The molecule has 3 N–H and O–H groups in total. The number of quaternary nitrogens is 1. The van der Waals surface area contributed by atoms with Gasteiger partial charge in [0.1, 0.15) is 6.54 Å². The van der Waals surface area contributed by atoms with E-state index in [-0.39, 0.29) is 17.6 Å². The first-order chi connectivity index (χ1) is 12.0. The van der Waals surface area contributed by atoms with Crippen LogP contribution in [-0.2, 0) is 11.3 Å². The van der Waals surface area contributed by atoms with E-state index in [2.05, 4.69) is 19.2 Å². The zero-order valence-electron chi connectivity index (χ0n) is 15.8. The molecule has 1 aliphatic rings. The molecule has 1 aromatic rings. The number of nitrogens with one attached hydrogen (secondary N) is 2. The molecule has 0 atom stereocenters. The lowest BCUT2D eigenvalue weighted by Gasteiger charge is -2.28. The summed E-state index contributed by atoms with van der Waals surface area (Å²) >= 11 is 0. The van der Waals surface area contributed by atoms with Gasteiger partial charge in [0.15, 0.2) is 11.5 Å². The van der Waals surface area contributed by atoms with Gasteiger partial charge in [-0.15, -0.1) is 0 Å². The van der Waals surface area contributed by atoms with Crippen LogP contribution in [0.5, 0.6) is 11.5 Å². The van der Waals surface area contributed by atoms with Crippen LogP contribution in [0.1, 0.15) is 45.6 Å². The molecule has 0 spiro atoms. The molecule has 1 amide bonds. The second-order valence-corrected chi connectivity index (χ2v) is 7.41. The quantitative estimate of drug-likeness (QED) is 0.670. The third-order valence-corrected chi connectivity index (χ3v) is 4.86. The number of phenolic OH excluding ortho intramolecular Hbond substituents is 1. The molecular formula is C20H33N2O3+. The van der Waals surface area contributed by atoms with E-state index in [1.54, 1.807) is 6.07 Å². The number of piperidine rings is 1. The molecule has 0 saturated carbocycles. The van der Waals surface area contributed by atoms with E-state index in [1.807, 2.05) is 19.1 Å². The van der Waals surface area contributed by atoms with Gasteiger partial charge in [-0.2, -0.15) is 0 Å². The van der Waals surface area contributed by atoms with Gasteiger partial charge in [0.2, 0.25) is 5.91 Å². The summed E-state index contributed by atoms with van der Waals surface area (Å²) in [5, 5.41) is 12.9. The SMILES string of the molecule is CCOc1cc(C[NH+]2CCC(C(=O)NCCC(C)C)CC2)ccc1O. The number of ether oxygens (including phenoxy) is 1. The van der Waals surface area contributed by atoms with Crippen LogP contribution < -0.4 is 15.0 Å². The molecular weight excluding hydrogens is 316 g/mol. The zero-order chi connectivity index (χ0) is 18.2. The minimum absolute atomic E-state index is 0.162. The Labute approximate surface area is 151 Å². The van der Waals surface area contributed by atoms with Gasteiger partial charge in [0.05, 0.1) is 19.7 Å². The molecule has 25 heavy (non-hydrogen) atoms. The van der Waals surface area contributed by atoms with Crippen LogP contribution in [-0.4, -0.2) is 37.3 Å². The van der Waals surface area contributed by atoms with E-state index >= 15 is 0 Å². The minimum Gasteiger partial charge on any atom is -0.504 e. The summed E-state index contributed by atoms with van der Waals surface area (Å²) in [4.78, 5) is 13.7. The fourth-order valence-electron chi connectivity index (χ4n) is 3.32. The number of hydrogen-bond acceptors (Lipinski definition) is 3. The van der Waals surface area contributed by atoms with Crippen LogP contribution in [0.15, 0.2) is 18.2 Å². The van der Waals surface area contributed by atoms with Gasteiger partial charge < -0.3 is 20.1 Å². The minimum atomic E-state index is 0.162.